The standard InChI is InChI=1S/C14H20BrN/c1-12(16-9-3-2-4-10-16)11-13-5-7-14(15)8-6-13/h5-8,12H,2-4,9-11H2,1H3. The van der Waals surface area contributed by atoms with E-state index >= 15 is 0 Å². The number of hydrogen-bond acceptors (Lipinski definition) is 1. The van der Waals surface area contributed by atoms with E-state index in [4.69, 9.17) is 0 Å². The molecule has 2 rings (SSSR count). The Hall–Kier alpha value is -0.340. The molecule has 1 fully saturated rings. The van der Waals surface area contributed by atoms with Crippen LogP contribution >= 0.6 is 15.9 Å². The van der Waals surface area contributed by atoms with Gasteiger partial charge in [0.2, 0.25) is 0 Å². The highest BCUT2D eigenvalue weighted by molar-refractivity contribution is 9.10. The zero-order valence-electron chi connectivity index (χ0n) is 9.95. The summed E-state index contributed by atoms with van der Waals surface area (Å²) in [5.74, 6) is 0. The molecular formula is C14H20BrN. The van der Waals surface area contributed by atoms with Crippen molar-refractivity contribution in [3.05, 3.63) is 34.3 Å². The first kappa shape index (κ1) is 12.1. The fraction of sp³-hybridized carbons (Fsp3) is 0.571. The van der Waals surface area contributed by atoms with E-state index in [1.165, 1.54) is 48.8 Å². The molecule has 1 aliphatic heterocycles. The zero-order valence-corrected chi connectivity index (χ0v) is 11.5. The molecule has 0 amide bonds. The quantitative estimate of drug-likeness (QED) is 0.813. The van der Waals surface area contributed by atoms with Gasteiger partial charge in [0.15, 0.2) is 0 Å². The Kier molecular flexibility index (Phi) is 4.42. The van der Waals surface area contributed by atoms with E-state index in [9.17, 15) is 0 Å². The van der Waals surface area contributed by atoms with Crippen molar-refractivity contribution in [1.82, 2.24) is 4.90 Å². The minimum Gasteiger partial charge on any atom is -0.300 e. The summed E-state index contributed by atoms with van der Waals surface area (Å²) in [6.07, 6.45) is 5.35. The summed E-state index contributed by atoms with van der Waals surface area (Å²) in [5.41, 5.74) is 1.45. The molecule has 0 radical (unpaired) electrons. The molecule has 1 aliphatic rings. The summed E-state index contributed by atoms with van der Waals surface area (Å²) in [6, 6.07) is 9.41. The van der Waals surface area contributed by atoms with Gasteiger partial charge in [0.1, 0.15) is 0 Å². The van der Waals surface area contributed by atoms with Crippen LogP contribution in [0.25, 0.3) is 0 Å². The number of nitrogens with zero attached hydrogens (tertiary/aromatic N) is 1. The lowest BCUT2D eigenvalue weighted by Crippen LogP contribution is -2.38. The molecule has 0 saturated carbocycles. The molecule has 1 nitrogen and oxygen atoms in total. The molecule has 0 aliphatic carbocycles. The highest BCUT2D eigenvalue weighted by Gasteiger charge is 2.16. The van der Waals surface area contributed by atoms with Crippen molar-refractivity contribution in [2.45, 2.75) is 38.6 Å². The molecule has 1 aromatic carbocycles. The fourth-order valence-electron chi connectivity index (χ4n) is 2.45. The highest BCUT2D eigenvalue weighted by Crippen LogP contribution is 2.17. The molecule has 0 spiro atoms. The van der Waals surface area contributed by atoms with Crippen molar-refractivity contribution >= 4 is 15.9 Å². The molecular weight excluding hydrogens is 262 g/mol. The van der Waals surface area contributed by atoms with Gasteiger partial charge in [0, 0.05) is 10.5 Å². The van der Waals surface area contributed by atoms with Gasteiger partial charge in [-0.05, 0) is 57.0 Å². The first-order valence-electron chi connectivity index (χ1n) is 6.24. The summed E-state index contributed by atoms with van der Waals surface area (Å²) in [4.78, 5) is 2.63. The highest BCUT2D eigenvalue weighted by atomic mass is 79.9. The van der Waals surface area contributed by atoms with Gasteiger partial charge in [-0.15, -0.1) is 0 Å². The third kappa shape index (κ3) is 3.33. The lowest BCUT2D eigenvalue weighted by molar-refractivity contribution is 0.173. The predicted molar refractivity (Wildman–Crippen MR) is 72.7 cm³/mol. The summed E-state index contributed by atoms with van der Waals surface area (Å²) in [7, 11) is 0. The second-order valence-electron chi connectivity index (χ2n) is 4.78. The van der Waals surface area contributed by atoms with Crippen LogP contribution in [-0.2, 0) is 6.42 Å². The lowest BCUT2D eigenvalue weighted by Gasteiger charge is -2.32. The second kappa shape index (κ2) is 5.83. The van der Waals surface area contributed by atoms with E-state index in [0.29, 0.717) is 6.04 Å². The van der Waals surface area contributed by atoms with E-state index in [1.54, 1.807) is 0 Å². The topological polar surface area (TPSA) is 3.24 Å². The summed E-state index contributed by atoms with van der Waals surface area (Å²) in [6.45, 7) is 4.93. The Morgan fingerprint density at radius 2 is 1.75 bits per heavy atom. The SMILES string of the molecule is CC(Cc1ccc(Br)cc1)N1CCCCC1. The third-order valence-electron chi connectivity index (χ3n) is 3.46. The van der Waals surface area contributed by atoms with Crippen LogP contribution in [0.3, 0.4) is 0 Å². The Labute approximate surface area is 107 Å². The fourth-order valence-corrected chi connectivity index (χ4v) is 2.71. The summed E-state index contributed by atoms with van der Waals surface area (Å²) >= 11 is 3.48. The minimum absolute atomic E-state index is 0.682. The Morgan fingerprint density at radius 1 is 1.12 bits per heavy atom. The smallest absolute Gasteiger partial charge is 0.0175 e. The van der Waals surface area contributed by atoms with Crippen LogP contribution in [0.4, 0.5) is 0 Å². The van der Waals surface area contributed by atoms with E-state index in [2.05, 4.69) is 52.0 Å². The molecule has 1 heterocycles. The number of piperidine rings is 1. The molecule has 1 saturated heterocycles. The maximum absolute atomic E-state index is 3.48. The first-order chi connectivity index (χ1) is 7.75. The molecule has 1 aromatic rings. The largest absolute Gasteiger partial charge is 0.300 e. The number of halogens is 1. The van der Waals surface area contributed by atoms with Gasteiger partial charge in [-0.1, -0.05) is 34.5 Å². The first-order valence-corrected chi connectivity index (χ1v) is 7.03. The van der Waals surface area contributed by atoms with Crippen LogP contribution in [0.1, 0.15) is 31.7 Å². The molecule has 0 aromatic heterocycles. The third-order valence-corrected chi connectivity index (χ3v) is 3.99. The van der Waals surface area contributed by atoms with Gasteiger partial charge in [0.25, 0.3) is 0 Å². The van der Waals surface area contributed by atoms with Gasteiger partial charge in [-0.2, -0.15) is 0 Å². The number of hydrogen-bond donors (Lipinski definition) is 0. The van der Waals surface area contributed by atoms with Crippen LogP contribution < -0.4 is 0 Å². The number of rotatable bonds is 3. The van der Waals surface area contributed by atoms with E-state index in [1.807, 2.05) is 0 Å². The maximum atomic E-state index is 3.48. The van der Waals surface area contributed by atoms with Gasteiger partial charge >= 0.3 is 0 Å². The van der Waals surface area contributed by atoms with Gasteiger partial charge in [-0.25, -0.2) is 0 Å². The molecule has 0 bridgehead atoms. The van der Waals surface area contributed by atoms with Crippen LogP contribution in [0.5, 0.6) is 0 Å². The predicted octanol–water partition coefficient (Wildman–Crippen LogP) is 3.87. The van der Waals surface area contributed by atoms with Crippen molar-refractivity contribution in [3.63, 3.8) is 0 Å². The monoisotopic (exact) mass is 281 g/mol. The van der Waals surface area contributed by atoms with Crippen LogP contribution in [0.15, 0.2) is 28.7 Å². The van der Waals surface area contributed by atoms with Crippen molar-refractivity contribution in [2.75, 3.05) is 13.1 Å². The molecule has 1 atom stereocenters. The number of likely N-dealkylation sites (tertiary alicyclic amines) is 1. The maximum Gasteiger partial charge on any atom is 0.0175 e. The minimum atomic E-state index is 0.682. The van der Waals surface area contributed by atoms with Crippen molar-refractivity contribution in [1.29, 1.82) is 0 Å². The van der Waals surface area contributed by atoms with E-state index in [-0.39, 0.29) is 0 Å². The molecule has 0 N–H and O–H groups in total. The van der Waals surface area contributed by atoms with Gasteiger partial charge in [0.05, 0.1) is 0 Å². The van der Waals surface area contributed by atoms with Crippen molar-refractivity contribution in [2.24, 2.45) is 0 Å². The Morgan fingerprint density at radius 3 is 2.38 bits per heavy atom. The van der Waals surface area contributed by atoms with Gasteiger partial charge < -0.3 is 4.90 Å². The molecule has 88 valence electrons. The zero-order chi connectivity index (χ0) is 11.4. The molecule has 1 unspecified atom stereocenters. The van der Waals surface area contributed by atoms with Crippen molar-refractivity contribution in [3.8, 4) is 0 Å². The molecule has 2 heteroatoms. The second-order valence-corrected chi connectivity index (χ2v) is 5.69. The lowest BCUT2D eigenvalue weighted by atomic mass is 10.0. The van der Waals surface area contributed by atoms with E-state index in [0.717, 1.165) is 0 Å². The van der Waals surface area contributed by atoms with Crippen molar-refractivity contribution < 1.29 is 0 Å². The molecule has 16 heavy (non-hydrogen) atoms. The van der Waals surface area contributed by atoms with Crippen LogP contribution in [0, 0.1) is 0 Å². The Balaban J connectivity index is 1.90. The normalized spacial score (nSPS) is 19.6. The van der Waals surface area contributed by atoms with Gasteiger partial charge in [-0.3, -0.25) is 0 Å². The Bertz CT molecular complexity index is 314. The number of benzene rings is 1. The van der Waals surface area contributed by atoms with E-state index < -0.39 is 0 Å². The summed E-state index contributed by atoms with van der Waals surface area (Å²) < 4.78 is 1.17. The van der Waals surface area contributed by atoms with Crippen LogP contribution in [0.2, 0.25) is 0 Å². The van der Waals surface area contributed by atoms with Crippen LogP contribution in [-0.4, -0.2) is 24.0 Å². The summed E-state index contributed by atoms with van der Waals surface area (Å²) in [5, 5.41) is 0. The average molecular weight is 282 g/mol. The average Bonchev–Trinajstić information content (AvgIpc) is 2.33.